The van der Waals surface area contributed by atoms with Gasteiger partial charge in [0.05, 0.1) is 25.5 Å². The molecule has 2 fully saturated rings. The molecule has 2 aliphatic carbocycles. The lowest BCUT2D eigenvalue weighted by atomic mass is 9.86. The average molecular weight is 333 g/mol. The molecule has 0 aromatic heterocycles. The summed E-state index contributed by atoms with van der Waals surface area (Å²) in [7, 11) is 2.91. The molecule has 2 aliphatic rings. The van der Waals surface area contributed by atoms with E-state index in [-0.39, 0.29) is 17.2 Å². The zero-order chi connectivity index (χ0) is 17.3. The molecule has 0 radical (unpaired) electrons. The van der Waals surface area contributed by atoms with Gasteiger partial charge in [0.1, 0.15) is 0 Å². The molecule has 3 atom stereocenters. The summed E-state index contributed by atoms with van der Waals surface area (Å²) in [4.78, 5) is 23.9. The monoisotopic (exact) mass is 333 g/mol. The largest absolute Gasteiger partial charge is 0.493 e. The summed E-state index contributed by atoms with van der Waals surface area (Å²) >= 11 is 0. The Morgan fingerprint density at radius 3 is 2.42 bits per heavy atom. The summed E-state index contributed by atoms with van der Waals surface area (Å²) < 4.78 is 10.3. The molecule has 0 saturated heterocycles. The fourth-order valence-electron chi connectivity index (χ4n) is 4.23. The molecular weight excluding hydrogens is 310 g/mol. The zero-order valence-electron chi connectivity index (χ0n) is 14.0. The summed E-state index contributed by atoms with van der Waals surface area (Å²) in [5, 5.41) is 12.1. The van der Waals surface area contributed by atoms with Gasteiger partial charge in [-0.15, -0.1) is 0 Å². The first-order chi connectivity index (χ1) is 11.5. The quantitative estimate of drug-likeness (QED) is 0.835. The summed E-state index contributed by atoms with van der Waals surface area (Å²) in [6, 6.07) is 2.87. The number of benzene rings is 1. The molecule has 1 aromatic carbocycles. The second kappa shape index (κ2) is 6.71. The molecule has 3 rings (SSSR count). The molecule has 0 unspecified atom stereocenters. The molecular formula is C18H23NO5. The minimum Gasteiger partial charge on any atom is -0.493 e. The minimum absolute atomic E-state index is 0.00561. The van der Waals surface area contributed by atoms with Crippen molar-refractivity contribution in [2.45, 2.75) is 32.1 Å². The van der Waals surface area contributed by atoms with Crippen LogP contribution in [0.3, 0.4) is 0 Å². The minimum atomic E-state index is -1.12. The Hall–Kier alpha value is -2.24. The Morgan fingerprint density at radius 1 is 1.17 bits per heavy atom. The number of carboxylic acid groups (broad SMARTS) is 1. The number of anilines is 1. The Balaban J connectivity index is 1.75. The Kier molecular flexibility index (Phi) is 4.64. The second-order valence-corrected chi connectivity index (χ2v) is 6.75. The van der Waals surface area contributed by atoms with E-state index in [1.165, 1.54) is 45.6 Å². The summed E-state index contributed by atoms with van der Waals surface area (Å²) in [5.74, 6) is 1.32. The van der Waals surface area contributed by atoms with Crippen LogP contribution in [0.5, 0.6) is 11.5 Å². The van der Waals surface area contributed by atoms with Crippen molar-refractivity contribution in [3.63, 3.8) is 0 Å². The Labute approximate surface area is 141 Å². The topological polar surface area (TPSA) is 84.9 Å². The fourth-order valence-corrected chi connectivity index (χ4v) is 4.23. The molecule has 24 heavy (non-hydrogen) atoms. The van der Waals surface area contributed by atoms with Crippen LogP contribution < -0.4 is 14.8 Å². The highest BCUT2D eigenvalue weighted by Crippen LogP contribution is 2.49. The van der Waals surface area contributed by atoms with E-state index in [9.17, 15) is 14.7 Å². The number of carbonyl (C=O) groups excluding carboxylic acids is 1. The maximum Gasteiger partial charge on any atom is 0.337 e. The van der Waals surface area contributed by atoms with Crippen molar-refractivity contribution < 1.29 is 24.2 Å². The number of rotatable bonds is 6. The summed E-state index contributed by atoms with van der Waals surface area (Å²) in [6.07, 6.45) is 5.33. The first-order valence-electron chi connectivity index (χ1n) is 8.31. The van der Waals surface area contributed by atoms with E-state index in [0.29, 0.717) is 29.8 Å². The molecule has 130 valence electrons. The predicted molar refractivity (Wildman–Crippen MR) is 88.7 cm³/mol. The van der Waals surface area contributed by atoms with Gasteiger partial charge in [0, 0.05) is 18.6 Å². The lowest BCUT2D eigenvalue weighted by Gasteiger charge is -2.21. The standard InChI is InChI=1S/C18H23NO5/c1-23-15-8-13(18(21)22)14(9-16(15)24-2)19-17(20)7-12-6-10-3-4-11(12)5-10/h8-12H,3-7H2,1-2H3,(H,19,20)(H,21,22)/t10-,11-,12-/m0/s1. The Morgan fingerprint density at radius 2 is 1.88 bits per heavy atom. The number of methoxy groups -OCH3 is 2. The molecule has 6 nitrogen and oxygen atoms in total. The van der Waals surface area contributed by atoms with E-state index in [0.717, 1.165) is 12.3 Å². The molecule has 6 heteroatoms. The van der Waals surface area contributed by atoms with Crippen LogP contribution in [-0.2, 0) is 4.79 Å². The number of hydrogen-bond acceptors (Lipinski definition) is 4. The maximum atomic E-state index is 12.4. The van der Waals surface area contributed by atoms with E-state index >= 15 is 0 Å². The van der Waals surface area contributed by atoms with Crippen LogP contribution in [0.15, 0.2) is 12.1 Å². The van der Waals surface area contributed by atoms with Crippen molar-refractivity contribution in [3.8, 4) is 11.5 Å². The lowest BCUT2D eigenvalue weighted by Crippen LogP contribution is -2.21. The molecule has 2 saturated carbocycles. The van der Waals surface area contributed by atoms with Gasteiger partial charge in [0.25, 0.3) is 0 Å². The van der Waals surface area contributed by atoms with Crippen molar-refractivity contribution >= 4 is 17.6 Å². The van der Waals surface area contributed by atoms with Crippen molar-refractivity contribution in [2.24, 2.45) is 17.8 Å². The highest BCUT2D eigenvalue weighted by molar-refractivity contribution is 6.01. The van der Waals surface area contributed by atoms with Gasteiger partial charge in [0.2, 0.25) is 5.91 Å². The number of hydrogen-bond donors (Lipinski definition) is 2. The van der Waals surface area contributed by atoms with Crippen molar-refractivity contribution in [2.75, 3.05) is 19.5 Å². The van der Waals surface area contributed by atoms with Gasteiger partial charge in [-0.3, -0.25) is 4.79 Å². The molecule has 2 bridgehead atoms. The number of aromatic carboxylic acids is 1. The van der Waals surface area contributed by atoms with Gasteiger partial charge in [-0.1, -0.05) is 6.42 Å². The number of fused-ring (bicyclic) bond motifs is 2. The first-order valence-corrected chi connectivity index (χ1v) is 8.31. The van der Waals surface area contributed by atoms with Crippen molar-refractivity contribution in [3.05, 3.63) is 17.7 Å². The van der Waals surface area contributed by atoms with Crippen LogP contribution >= 0.6 is 0 Å². The normalized spacial score (nSPS) is 24.7. The molecule has 0 spiro atoms. The fraction of sp³-hybridized carbons (Fsp3) is 0.556. The van der Waals surface area contributed by atoms with Crippen LogP contribution in [0.4, 0.5) is 5.69 Å². The van der Waals surface area contributed by atoms with Crippen LogP contribution in [0.2, 0.25) is 0 Å². The Bertz CT molecular complexity index is 657. The third kappa shape index (κ3) is 3.18. The highest BCUT2D eigenvalue weighted by atomic mass is 16.5. The van der Waals surface area contributed by atoms with E-state index in [2.05, 4.69) is 5.32 Å². The molecule has 1 amide bonds. The van der Waals surface area contributed by atoms with Crippen LogP contribution in [0, 0.1) is 17.8 Å². The van der Waals surface area contributed by atoms with Gasteiger partial charge in [-0.05, 0) is 37.0 Å². The third-order valence-electron chi connectivity index (χ3n) is 5.36. The van der Waals surface area contributed by atoms with E-state index in [4.69, 9.17) is 9.47 Å². The zero-order valence-corrected chi connectivity index (χ0v) is 14.0. The van der Waals surface area contributed by atoms with Crippen molar-refractivity contribution in [1.82, 2.24) is 0 Å². The number of amides is 1. The lowest BCUT2D eigenvalue weighted by molar-refractivity contribution is -0.117. The van der Waals surface area contributed by atoms with Crippen LogP contribution in [-0.4, -0.2) is 31.2 Å². The van der Waals surface area contributed by atoms with E-state index in [1.807, 2.05) is 0 Å². The van der Waals surface area contributed by atoms with Crippen LogP contribution in [0.1, 0.15) is 42.5 Å². The number of carbonyl (C=O) groups is 2. The van der Waals surface area contributed by atoms with E-state index in [1.54, 1.807) is 0 Å². The molecule has 2 N–H and O–H groups in total. The first kappa shape index (κ1) is 16.6. The smallest absolute Gasteiger partial charge is 0.337 e. The second-order valence-electron chi connectivity index (χ2n) is 6.75. The third-order valence-corrected chi connectivity index (χ3v) is 5.36. The van der Waals surface area contributed by atoms with Gasteiger partial charge in [-0.25, -0.2) is 4.79 Å². The van der Waals surface area contributed by atoms with E-state index < -0.39 is 5.97 Å². The van der Waals surface area contributed by atoms with Gasteiger partial charge >= 0.3 is 5.97 Å². The van der Waals surface area contributed by atoms with Crippen LogP contribution in [0.25, 0.3) is 0 Å². The van der Waals surface area contributed by atoms with Gasteiger partial charge < -0.3 is 19.9 Å². The van der Waals surface area contributed by atoms with Crippen molar-refractivity contribution in [1.29, 1.82) is 0 Å². The molecule has 1 aromatic rings. The maximum absolute atomic E-state index is 12.4. The summed E-state index contributed by atoms with van der Waals surface area (Å²) in [6.45, 7) is 0. The molecule has 0 aliphatic heterocycles. The SMILES string of the molecule is COc1cc(NC(=O)C[C@@H]2C[C@H]3CC[C@H]2C3)c(C(=O)O)cc1OC. The average Bonchev–Trinajstić information content (AvgIpc) is 3.16. The molecule has 0 heterocycles. The predicted octanol–water partition coefficient (Wildman–Crippen LogP) is 3.17. The number of carboxylic acids is 1. The van der Waals surface area contributed by atoms with Gasteiger partial charge in [-0.2, -0.15) is 0 Å². The number of nitrogens with one attached hydrogen (secondary N) is 1. The summed E-state index contributed by atoms with van der Waals surface area (Å²) in [5.41, 5.74) is 0.238. The number of ether oxygens (including phenoxy) is 2. The van der Waals surface area contributed by atoms with Gasteiger partial charge in [0.15, 0.2) is 11.5 Å². The highest BCUT2D eigenvalue weighted by Gasteiger charge is 2.40.